The number of hydrogen-bond acceptors (Lipinski definition) is 3. The highest BCUT2D eigenvalue weighted by atomic mass is 16.1. The molecular formula is C21H35N5O. The Morgan fingerprint density at radius 3 is 2.63 bits per heavy atom. The molecule has 0 aliphatic carbocycles. The van der Waals surface area contributed by atoms with Crippen LogP contribution in [0.5, 0.6) is 0 Å². The van der Waals surface area contributed by atoms with Crippen molar-refractivity contribution in [3.8, 4) is 0 Å². The summed E-state index contributed by atoms with van der Waals surface area (Å²) in [4.78, 5) is 20.5. The minimum absolute atomic E-state index is 0.213. The van der Waals surface area contributed by atoms with Crippen molar-refractivity contribution >= 4 is 11.9 Å². The predicted octanol–water partition coefficient (Wildman–Crippen LogP) is 2.23. The van der Waals surface area contributed by atoms with E-state index in [0.29, 0.717) is 18.4 Å². The fraction of sp³-hybridized carbons (Fsp3) is 0.619. The van der Waals surface area contributed by atoms with Gasteiger partial charge in [-0.05, 0) is 37.4 Å². The van der Waals surface area contributed by atoms with Crippen molar-refractivity contribution < 1.29 is 4.79 Å². The topological polar surface area (TPSA) is 74.0 Å². The largest absolute Gasteiger partial charge is 0.370 e. The normalized spacial score (nSPS) is 19.2. The summed E-state index contributed by atoms with van der Waals surface area (Å²) in [6.07, 6.45) is 2.58. The van der Waals surface area contributed by atoms with Gasteiger partial charge in [-0.3, -0.25) is 14.7 Å². The zero-order valence-corrected chi connectivity index (χ0v) is 17.0. The number of benzene rings is 1. The average Bonchev–Trinajstić information content (AvgIpc) is 2.68. The van der Waals surface area contributed by atoms with Crippen LogP contribution in [0.2, 0.25) is 0 Å². The van der Waals surface area contributed by atoms with E-state index in [1.165, 1.54) is 5.56 Å². The summed E-state index contributed by atoms with van der Waals surface area (Å²) >= 11 is 0. The molecule has 0 radical (unpaired) electrons. The molecule has 2 rings (SSSR count). The number of likely N-dealkylation sites (N-methyl/N-ethyl adjacent to an activating group) is 1. The molecule has 1 aliphatic rings. The standard InChI is InChI=1S/C21H35N5O/c1-4-25(5-2)19(18-11-7-6-8-12-18)15-24-21(23-3)26-13-9-10-17(16-26)14-20(22)27/h6-8,11-12,17,19H,4-5,9-10,13-16H2,1-3H3,(H2,22,27)(H,23,24). The second-order valence-electron chi connectivity index (χ2n) is 7.20. The van der Waals surface area contributed by atoms with Crippen molar-refractivity contribution in [1.82, 2.24) is 15.1 Å². The second kappa shape index (κ2) is 10.9. The second-order valence-corrected chi connectivity index (χ2v) is 7.20. The summed E-state index contributed by atoms with van der Waals surface area (Å²) in [5, 5.41) is 3.58. The van der Waals surface area contributed by atoms with Gasteiger partial charge in [0.2, 0.25) is 5.91 Å². The highest BCUT2D eigenvalue weighted by Crippen LogP contribution is 2.21. The zero-order chi connectivity index (χ0) is 19.6. The Morgan fingerprint density at radius 2 is 2.04 bits per heavy atom. The monoisotopic (exact) mass is 373 g/mol. The first kappa shape index (κ1) is 21.2. The molecule has 1 aromatic carbocycles. The Hall–Kier alpha value is -2.08. The quantitative estimate of drug-likeness (QED) is 0.541. The van der Waals surface area contributed by atoms with Crippen LogP contribution in [-0.2, 0) is 4.79 Å². The van der Waals surface area contributed by atoms with Crippen molar-refractivity contribution in [2.45, 2.75) is 39.2 Å². The number of hydrogen-bond donors (Lipinski definition) is 2. The highest BCUT2D eigenvalue weighted by Gasteiger charge is 2.25. The van der Waals surface area contributed by atoms with Gasteiger partial charge in [-0.2, -0.15) is 0 Å². The molecule has 1 heterocycles. The fourth-order valence-corrected chi connectivity index (χ4v) is 4.03. The Kier molecular flexibility index (Phi) is 8.58. The highest BCUT2D eigenvalue weighted by molar-refractivity contribution is 5.80. The van der Waals surface area contributed by atoms with E-state index < -0.39 is 0 Å². The van der Waals surface area contributed by atoms with Crippen LogP contribution in [0.4, 0.5) is 0 Å². The lowest BCUT2D eigenvalue weighted by Gasteiger charge is -2.36. The fourth-order valence-electron chi connectivity index (χ4n) is 4.03. The van der Waals surface area contributed by atoms with Gasteiger partial charge in [-0.1, -0.05) is 44.2 Å². The molecule has 0 spiro atoms. The number of carbonyl (C=O) groups is 1. The smallest absolute Gasteiger partial charge is 0.217 e. The molecule has 0 saturated carbocycles. The number of amides is 1. The molecule has 0 bridgehead atoms. The summed E-state index contributed by atoms with van der Waals surface area (Å²) in [5.41, 5.74) is 6.71. The van der Waals surface area contributed by atoms with Gasteiger partial charge in [0, 0.05) is 33.1 Å². The summed E-state index contributed by atoms with van der Waals surface area (Å²) in [7, 11) is 1.83. The first-order valence-electron chi connectivity index (χ1n) is 10.1. The lowest BCUT2D eigenvalue weighted by Crippen LogP contribution is -2.49. The van der Waals surface area contributed by atoms with Gasteiger partial charge >= 0.3 is 0 Å². The Morgan fingerprint density at radius 1 is 1.33 bits per heavy atom. The van der Waals surface area contributed by atoms with Crippen LogP contribution < -0.4 is 11.1 Å². The molecule has 6 heteroatoms. The maximum Gasteiger partial charge on any atom is 0.217 e. The molecule has 1 saturated heterocycles. The number of likely N-dealkylation sites (tertiary alicyclic amines) is 1. The van der Waals surface area contributed by atoms with Crippen molar-refractivity contribution in [2.24, 2.45) is 16.6 Å². The van der Waals surface area contributed by atoms with Crippen LogP contribution in [-0.4, -0.2) is 61.4 Å². The third kappa shape index (κ3) is 6.24. The van der Waals surface area contributed by atoms with Crippen LogP contribution in [0, 0.1) is 5.92 Å². The van der Waals surface area contributed by atoms with Gasteiger partial charge in [0.05, 0.1) is 6.04 Å². The van der Waals surface area contributed by atoms with E-state index in [1.807, 2.05) is 7.05 Å². The van der Waals surface area contributed by atoms with Crippen molar-refractivity contribution in [3.05, 3.63) is 35.9 Å². The van der Waals surface area contributed by atoms with Gasteiger partial charge in [0.1, 0.15) is 0 Å². The van der Waals surface area contributed by atoms with Crippen molar-refractivity contribution in [3.63, 3.8) is 0 Å². The molecule has 1 aliphatic heterocycles. The van der Waals surface area contributed by atoms with E-state index in [2.05, 4.69) is 64.3 Å². The number of rotatable bonds is 8. The number of primary amides is 1. The lowest BCUT2D eigenvalue weighted by molar-refractivity contribution is -0.119. The molecular weight excluding hydrogens is 338 g/mol. The van der Waals surface area contributed by atoms with E-state index >= 15 is 0 Å². The Balaban J connectivity index is 2.04. The Bertz CT molecular complexity index is 600. The summed E-state index contributed by atoms with van der Waals surface area (Å²) < 4.78 is 0. The van der Waals surface area contributed by atoms with E-state index in [1.54, 1.807) is 0 Å². The number of nitrogens with zero attached hydrogens (tertiary/aromatic N) is 3. The number of piperidine rings is 1. The molecule has 1 aromatic rings. The summed E-state index contributed by atoms with van der Waals surface area (Å²) in [6, 6.07) is 10.9. The SMILES string of the molecule is CCN(CC)C(CNC(=NC)N1CCCC(CC(N)=O)C1)c1ccccc1. The molecule has 1 fully saturated rings. The van der Waals surface area contributed by atoms with E-state index in [-0.39, 0.29) is 5.91 Å². The van der Waals surface area contributed by atoms with Gasteiger partial charge in [0.15, 0.2) is 5.96 Å². The van der Waals surface area contributed by atoms with Crippen LogP contribution in [0.15, 0.2) is 35.3 Å². The van der Waals surface area contributed by atoms with Gasteiger partial charge in [-0.25, -0.2) is 0 Å². The number of nitrogens with one attached hydrogen (secondary N) is 1. The van der Waals surface area contributed by atoms with Crippen LogP contribution in [0.25, 0.3) is 0 Å². The Labute approximate surface area is 163 Å². The van der Waals surface area contributed by atoms with Crippen molar-refractivity contribution in [2.75, 3.05) is 39.8 Å². The van der Waals surface area contributed by atoms with E-state index in [4.69, 9.17) is 5.73 Å². The molecule has 27 heavy (non-hydrogen) atoms. The van der Waals surface area contributed by atoms with Gasteiger partial charge in [0.25, 0.3) is 0 Å². The molecule has 1 amide bonds. The van der Waals surface area contributed by atoms with Crippen LogP contribution >= 0.6 is 0 Å². The minimum atomic E-state index is -0.213. The minimum Gasteiger partial charge on any atom is -0.370 e. The number of aliphatic imine (C=N–C) groups is 1. The number of guanidine groups is 1. The average molecular weight is 374 g/mol. The van der Waals surface area contributed by atoms with Gasteiger partial charge in [-0.15, -0.1) is 0 Å². The lowest BCUT2D eigenvalue weighted by atomic mass is 9.95. The molecule has 150 valence electrons. The van der Waals surface area contributed by atoms with E-state index in [0.717, 1.165) is 51.5 Å². The first-order chi connectivity index (χ1) is 13.1. The zero-order valence-electron chi connectivity index (χ0n) is 17.0. The molecule has 3 N–H and O–H groups in total. The molecule has 2 unspecified atom stereocenters. The molecule has 2 atom stereocenters. The summed E-state index contributed by atoms with van der Waals surface area (Å²) in [5.74, 6) is 1.02. The summed E-state index contributed by atoms with van der Waals surface area (Å²) in [6.45, 7) is 9.01. The van der Waals surface area contributed by atoms with Crippen LogP contribution in [0.1, 0.15) is 44.7 Å². The van der Waals surface area contributed by atoms with E-state index in [9.17, 15) is 4.79 Å². The van der Waals surface area contributed by atoms with Crippen LogP contribution in [0.3, 0.4) is 0 Å². The molecule has 6 nitrogen and oxygen atoms in total. The maximum atomic E-state index is 11.3. The number of nitrogens with two attached hydrogens (primary N) is 1. The molecule has 0 aromatic heterocycles. The first-order valence-corrected chi connectivity index (χ1v) is 10.1. The third-order valence-electron chi connectivity index (χ3n) is 5.41. The third-order valence-corrected chi connectivity index (χ3v) is 5.41. The predicted molar refractivity (Wildman–Crippen MR) is 112 cm³/mol. The number of carbonyl (C=O) groups excluding carboxylic acids is 1. The van der Waals surface area contributed by atoms with Gasteiger partial charge < -0.3 is 16.0 Å². The maximum absolute atomic E-state index is 11.3. The van der Waals surface area contributed by atoms with Crippen molar-refractivity contribution in [1.29, 1.82) is 0 Å².